The second kappa shape index (κ2) is 8.04. The van der Waals surface area contributed by atoms with Gasteiger partial charge in [0.2, 0.25) is 0 Å². The first kappa shape index (κ1) is 20.5. The highest BCUT2D eigenvalue weighted by atomic mass is 35.5. The molecule has 3 aromatic rings. The maximum Gasteiger partial charge on any atom is 0.355 e. The molecule has 0 saturated carbocycles. The summed E-state index contributed by atoms with van der Waals surface area (Å²) in [6.45, 7) is 0. The van der Waals surface area contributed by atoms with Gasteiger partial charge in [0.1, 0.15) is 0 Å². The molecule has 1 heterocycles. The average Bonchev–Trinajstić information content (AvgIpc) is 2.62. The van der Waals surface area contributed by atoms with Crippen molar-refractivity contribution in [1.29, 1.82) is 0 Å². The van der Waals surface area contributed by atoms with E-state index in [-0.39, 0.29) is 35.8 Å². The SMILES string of the molecule is O=C(O)c1nc(-c2cc(Cl)c(Cl)c(Cl)c2)ccc1-c1cc(Cl)c(Cl)c(Cl)c1. The molecule has 0 amide bonds. The number of benzene rings is 2. The number of carboxylic acids is 1. The lowest BCUT2D eigenvalue weighted by Gasteiger charge is -2.11. The first-order valence-corrected chi connectivity index (χ1v) is 9.50. The Morgan fingerprint density at radius 1 is 0.741 bits per heavy atom. The Morgan fingerprint density at radius 2 is 1.19 bits per heavy atom. The molecule has 0 aliphatic carbocycles. The van der Waals surface area contributed by atoms with E-state index in [1.54, 1.807) is 24.3 Å². The molecule has 138 valence electrons. The molecule has 0 unspecified atom stereocenters. The highest BCUT2D eigenvalue weighted by Crippen LogP contribution is 2.38. The van der Waals surface area contributed by atoms with Gasteiger partial charge in [-0.25, -0.2) is 9.78 Å². The fourth-order valence-corrected chi connectivity index (χ4v) is 3.62. The summed E-state index contributed by atoms with van der Waals surface area (Å²) < 4.78 is 0. The predicted octanol–water partition coefficient (Wildman–Crippen LogP) is 8.03. The van der Waals surface area contributed by atoms with Crippen molar-refractivity contribution in [2.24, 2.45) is 0 Å². The van der Waals surface area contributed by atoms with Crippen LogP contribution in [0, 0.1) is 0 Å². The van der Waals surface area contributed by atoms with Crippen molar-refractivity contribution in [2.45, 2.75) is 0 Å². The largest absolute Gasteiger partial charge is 0.476 e. The molecule has 1 N–H and O–H groups in total. The normalized spacial score (nSPS) is 10.9. The minimum absolute atomic E-state index is 0.189. The summed E-state index contributed by atoms with van der Waals surface area (Å²) in [7, 11) is 0. The molecule has 9 heteroatoms. The third kappa shape index (κ3) is 4.14. The van der Waals surface area contributed by atoms with Gasteiger partial charge in [-0.15, -0.1) is 0 Å². The van der Waals surface area contributed by atoms with Gasteiger partial charge in [0.25, 0.3) is 0 Å². The van der Waals surface area contributed by atoms with Crippen LogP contribution in [0.25, 0.3) is 22.4 Å². The second-order valence-corrected chi connectivity index (χ2v) is 7.79. The van der Waals surface area contributed by atoms with Crippen molar-refractivity contribution in [3.05, 3.63) is 72.2 Å². The summed E-state index contributed by atoms with van der Waals surface area (Å²) in [5.41, 5.74) is 1.50. The molecule has 0 bridgehead atoms. The van der Waals surface area contributed by atoms with E-state index in [0.717, 1.165) is 0 Å². The molecule has 3 rings (SSSR count). The maximum atomic E-state index is 11.8. The van der Waals surface area contributed by atoms with Crippen LogP contribution in [0.15, 0.2) is 36.4 Å². The van der Waals surface area contributed by atoms with Crippen molar-refractivity contribution in [1.82, 2.24) is 4.98 Å². The number of aromatic carboxylic acids is 1. The molecular weight excluding hydrogens is 475 g/mol. The Bertz CT molecular complexity index is 1040. The standard InChI is InChI=1S/C18H7Cl6NO2/c19-10-3-7(4-11(20)15(10)23)9-1-2-14(25-17(9)18(26)27)8-5-12(21)16(24)13(22)6-8/h1-6H,(H,26,27). The van der Waals surface area contributed by atoms with Crippen LogP contribution in [0.4, 0.5) is 0 Å². The molecule has 0 saturated heterocycles. The fourth-order valence-electron chi connectivity index (χ4n) is 2.43. The van der Waals surface area contributed by atoms with Gasteiger partial charge >= 0.3 is 5.97 Å². The third-order valence-corrected chi connectivity index (χ3v) is 6.07. The second-order valence-electron chi connectivity index (χ2n) is 5.41. The molecule has 0 atom stereocenters. The zero-order valence-corrected chi connectivity index (χ0v) is 17.6. The lowest BCUT2D eigenvalue weighted by Crippen LogP contribution is -2.04. The topological polar surface area (TPSA) is 50.2 Å². The van der Waals surface area contributed by atoms with Gasteiger partial charge in [0.05, 0.1) is 35.8 Å². The van der Waals surface area contributed by atoms with Crippen LogP contribution in [0.1, 0.15) is 10.5 Å². The predicted molar refractivity (Wildman–Crippen MR) is 112 cm³/mol. The number of hydrogen-bond acceptors (Lipinski definition) is 2. The highest BCUT2D eigenvalue weighted by Gasteiger charge is 2.18. The molecule has 0 spiro atoms. The summed E-state index contributed by atoms with van der Waals surface area (Å²) in [6.07, 6.45) is 0. The summed E-state index contributed by atoms with van der Waals surface area (Å²) in [5, 5.41) is 10.9. The van der Waals surface area contributed by atoms with E-state index in [1.807, 2.05) is 0 Å². The third-order valence-electron chi connectivity index (χ3n) is 3.67. The van der Waals surface area contributed by atoms with E-state index in [1.165, 1.54) is 12.1 Å². The number of rotatable bonds is 3. The number of carboxylic acid groups (broad SMARTS) is 1. The summed E-state index contributed by atoms with van der Waals surface area (Å²) >= 11 is 36.1. The van der Waals surface area contributed by atoms with Crippen molar-refractivity contribution >= 4 is 75.6 Å². The van der Waals surface area contributed by atoms with Crippen LogP contribution in [0.3, 0.4) is 0 Å². The van der Waals surface area contributed by atoms with Crippen molar-refractivity contribution in [3.8, 4) is 22.4 Å². The summed E-state index contributed by atoms with van der Waals surface area (Å²) in [4.78, 5) is 16.0. The van der Waals surface area contributed by atoms with E-state index in [0.29, 0.717) is 22.4 Å². The molecule has 0 aliphatic heterocycles. The van der Waals surface area contributed by atoms with Crippen molar-refractivity contribution < 1.29 is 9.90 Å². The molecule has 0 fully saturated rings. The van der Waals surface area contributed by atoms with Crippen LogP contribution < -0.4 is 0 Å². The van der Waals surface area contributed by atoms with Gasteiger partial charge < -0.3 is 5.11 Å². The van der Waals surface area contributed by atoms with E-state index < -0.39 is 5.97 Å². The molecule has 2 aromatic carbocycles. The number of pyridine rings is 1. The molecule has 0 aliphatic rings. The van der Waals surface area contributed by atoms with Gasteiger partial charge in [0.15, 0.2) is 5.69 Å². The summed E-state index contributed by atoms with van der Waals surface area (Å²) in [5.74, 6) is -1.22. The Hall–Kier alpha value is -1.20. The number of aromatic nitrogens is 1. The van der Waals surface area contributed by atoms with Crippen molar-refractivity contribution in [2.75, 3.05) is 0 Å². The quantitative estimate of drug-likeness (QED) is 0.385. The van der Waals surface area contributed by atoms with Crippen LogP contribution in [-0.4, -0.2) is 16.1 Å². The zero-order chi connectivity index (χ0) is 19.9. The number of halogens is 6. The van der Waals surface area contributed by atoms with Crippen molar-refractivity contribution in [3.63, 3.8) is 0 Å². The molecule has 1 aromatic heterocycles. The minimum Gasteiger partial charge on any atom is -0.476 e. The molecule has 27 heavy (non-hydrogen) atoms. The Balaban J connectivity index is 2.19. The molecule has 0 radical (unpaired) electrons. The van der Waals surface area contributed by atoms with E-state index in [2.05, 4.69) is 4.98 Å². The number of nitrogens with zero attached hydrogens (tertiary/aromatic N) is 1. The Labute approximate surface area is 184 Å². The average molecular weight is 482 g/mol. The highest BCUT2D eigenvalue weighted by molar-refractivity contribution is 6.49. The lowest BCUT2D eigenvalue weighted by atomic mass is 10.0. The zero-order valence-electron chi connectivity index (χ0n) is 13.0. The van der Waals surface area contributed by atoms with Crippen LogP contribution in [0.2, 0.25) is 30.1 Å². The Morgan fingerprint density at radius 3 is 1.63 bits per heavy atom. The smallest absolute Gasteiger partial charge is 0.355 e. The Kier molecular flexibility index (Phi) is 6.11. The monoisotopic (exact) mass is 479 g/mol. The molecule has 3 nitrogen and oxygen atoms in total. The lowest BCUT2D eigenvalue weighted by molar-refractivity contribution is 0.0691. The number of carbonyl (C=O) groups is 1. The van der Waals surface area contributed by atoms with E-state index in [9.17, 15) is 9.90 Å². The first-order chi connectivity index (χ1) is 12.7. The van der Waals surface area contributed by atoms with Gasteiger partial charge in [0, 0.05) is 11.1 Å². The number of hydrogen-bond donors (Lipinski definition) is 1. The summed E-state index contributed by atoms with van der Waals surface area (Å²) in [6, 6.07) is 9.38. The van der Waals surface area contributed by atoms with E-state index >= 15 is 0 Å². The fraction of sp³-hybridized carbons (Fsp3) is 0. The van der Waals surface area contributed by atoms with Gasteiger partial charge in [-0.05, 0) is 42.0 Å². The minimum atomic E-state index is -1.22. The van der Waals surface area contributed by atoms with Gasteiger partial charge in [-0.3, -0.25) is 0 Å². The van der Waals surface area contributed by atoms with Crippen LogP contribution >= 0.6 is 69.6 Å². The van der Waals surface area contributed by atoms with E-state index in [4.69, 9.17) is 69.6 Å². The molecular formula is C18H7Cl6NO2. The first-order valence-electron chi connectivity index (χ1n) is 7.23. The van der Waals surface area contributed by atoms with Gasteiger partial charge in [-0.1, -0.05) is 69.6 Å². The maximum absolute atomic E-state index is 11.8. The van der Waals surface area contributed by atoms with Crippen LogP contribution in [0.5, 0.6) is 0 Å². The van der Waals surface area contributed by atoms with Crippen LogP contribution in [-0.2, 0) is 0 Å². The van der Waals surface area contributed by atoms with Gasteiger partial charge in [-0.2, -0.15) is 0 Å².